The van der Waals surface area contributed by atoms with Crippen molar-refractivity contribution in [2.75, 3.05) is 0 Å². The fourth-order valence-corrected chi connectivity index (χ4v) is 2.01. The number of rotatable bonds is 2. The molecule has 2 aromatic heterocycles. The normalized spacial score (nSPS) is 12.7. The van der Waals surface area contributed by atoms with E-state index in [1.165, 1.54) is 0 Å². The van der Waals surface area contributed by atoms with Crippen LogP contribution in [0.4, 0.5) is 0 Å². The predicted molar refractivity (Wildman–Crippen MR) is 61.9 cm³/mol. The highest BCUT2D eigenvalue weighted by Gasteiger charge is 2.11. The van der Waals surface area contributed by atoms with Gasteiger partial charge in [-0.1, -0.05) is 6.07 Å². The summed E-state index contributed by atoms with van der Waals surface area (Å²) in [7, 11) is 0. The molecule has 2 aromatic rings. The number of aromatic nitrogens is 2. The molecule has 0 radical (unpaired) electrons. The lowest BCUT2D eigenvalue weighted by molar-refractivity contribution is 0.826. The first kappa shape index (κ1) is 10.3. The molecule has 0 aliphatic rings. The molecule has 0 saturated heterocycles. The third kappa shape index (κ3) is 2.22. The van der Waals surface area contributed by atoms with Gasteiger partial charge in [0.1, 0.15) is 0 Å². The maximum absolute atomic E-state index is 6.08. The summed E-state index contributed by atoms with van der Waals surface area (Å²) in [4.78, 5) is 8.60. The van der Waals surface area contributed by atoms with E-state index in [9.17, 15) is 0 Å². The topological polar surface area (TPSA) is 51.8 Å². The van der Waals surface area contributed by atoms with Gasteiger partial charge in [-0.25, -0.2) is 4.98 Å². The van der Waals surface area contributed by atoms with Crippen molar-refractivity contribution in [3.63, 3.8) is 0 Å². The van der Waals surface area contributed by atoms with Crippen molar-refractivity contribution in [1.29, 1.82) is 0 Å². The Hall–Kier alpha value is -1.26. The van der Waals surface area contributed by atoms with Gasteiger partial charge >= 0.3 is 0 Å². The van der Waals surface area contributed by atoms with Crippen LogP contribution in [0.25, 0.3) is 0 Å². The second-order valence-electron chi connectivity index (χ2n) is 3.50. The SMILES string of the molecule is Cc1ccc(C(N)c2csc(C)n2)cn1. The lowest BCUT2D eigenvalue weighted by atomic mass is 10.1. The molecule has 0 aliphatic carbocycles. The minimum Gasteiger partial charge on any atom is -0.319 e. The molecule has 0 saturated carbocycles. The van der Waals surface area contributed by atoms with Gasteiger partial charge in [0.2, 0.25) is 0 Å². The Bertz CT molecular complexity index is 447. The molecule has 0 spiro atoms. The quantitative estimate of drug-likeness (QED) is 0.842. The zero-order valence-electron chi connectivity index (χ0n) is 8.77. The Morgan fingerprint density at radius 1 is 1.33 bits per heavy atom. The molecule has 2 rings (SSSR count). The molecule has 0 amide bonds. The standard InChI is InChI=1S/C11H13N3S/c1-7-3-4-9(5-13-7)11(12)10-6-15-8(2)14-10/h3-6,11H,12H2,1-2H3. The van der Waals surface area contributed by atoms with E-state index >= 15 is 0 Å². The van der Waals surface area contributed by atoms with Crippen LogP contribution in [0.3, 0.4) is 0 Å². The summed E-state index contributed by atoms with van der Waals surface area (Å²) in [5.41, 5.74) is 9.01. The van der Waals surface area contributed by atoms with Crippen molar-refractivity contribution < 1.29 is 0 Å². The van der Waals surface area contributed by atoms with Crippen molar-refractivity contribution >= 4 is 11.3 Å². The first-order valence-corrected chi connectivity index (χ1v) is 5.65. The van der Waals surface area contributed by atoms with Crippen molar-refractivity contribution in [1.82, 2.24) is 9.97 Å². The zero-order chi connectivity index (χ0) is 10.8. The lowest BCUT2D eigenvalue weighted by Crippen LogP contribution is -2.12. The minimum absolute atomic E-state index is 0.164. The van der Waals surface area contributed by atoms with Gasteiger partial charge in [-0.3, -0.25) is 4.98 Å². The molecule has 1 unspecified atom stereocenters. The van der Waals surface area contributed by atoms with Gasteiger partial charge in [-0.2, -0.15) is 0 Å². The van der Waals surface area contributed by atoms with E-state index in [0.29, 0.717) is 0 Å². The summed E-state index contributed by atoms with van der Waals surface area (Å²) >= 11 is 1.62. The van der Waals surface area contributed by atoms with E-state index in [2.05, 4.69) is 9.97 Å². The van der Waals surface area contributed by atoms with E-state index < -0.39 is 0 Å². The average molecular weight is 219 g/mol. The number of nitrogens with zero attached hydrogens (tertiary/aromatic N) is 2. The van der Waals surface area contributed by atoms with E-state index in [1.807, 2.05) is 37.6 Å². The van der Waals surface area contributed by atoms with Crippen LogP contribution < -0.4 is 5.73 Å². The van der Waals surface area contributed by atoms with E-state index in [0.717, 1.165) is 22.0 Å². The van der Waals surface area contributed by atoms with E-state index in [-0.39, 0.29) is 6.04 Å². The van der Waals surface area contributed by atoms with Crippen molar-refractivity contribution in [2.45, 2.75) is 19.9 Å². The molecule has 78 valence electrons. The summed E-state index contributed by atoms with van der Waals surface area (Å²) in [5.74, 6) is 0. The molecule has 1 atom stereocenters. The Labute approximate surface area is 93.0 Å². The maximum atomic E-state index is 6.08. The molecule has 0 aliphatic heterocycles. The highest BCUT2D eigenvalue weighted by molar-refractivity contribution is 7.09. The summed E-state index contributed by atoms with van der Waals surface area (Å²) in [6, 6.07) is 3.80. The summed E-state index contributed by atoms with van der Waals surface area (Å²) < 4.78 is 0. The van der Waals surface area contributed by atoms with Crippen LogP contribution in [0.15, 0.2) is 23.7 Å². The van der Waals surface area contributed by atoms with Crippen LogP contribution in [0.2, 0.25) is 0 Å². The van der Waals surface area contributed by atoms with Crippen molar-refractivity contribution in [3.05, 3.63) is 45.7 Å². The van der Waals surface area contributed by atoms with Crippen LogP contribution in [0.5, 0.6) is 0 Å². The highest BCUT2D eigenvalue weighted by Crippen LogP contribution is 2.20. The summed E-state index contributed by atoms with van der Waals surface area (Å²) in [6.45, 7) is 3.94. The summed E-state index contributed by atoms with van der Waals surface area (Å²) in [5, 5.41) is 3.04. The van der Waals surface area contributed by atoms with Crippen LogP contribution in [0.1, 0.15) is 28.0 Å². The number of aryl methyl sites for hydroxylation is 2. The van der Waals surface area contributed by atoms with Crippen LogP contribution in [0, 0.1) is 13.8 Å². The number of hydrogen-bond acceptors (Lipinski definition) is 4. The largest absolute Gasteiger partial charge is 0.319 e. The Morgan fingerprint density at radius 3 is 2.67 bits per heavy atom. The molecule has 0 fully saturated rings. The fraction of sp³-hybridized carbons (Fsp3) is 0.273. The number of pyridine rings is 1. The number of thiazole rings is 1. The molecular formula is C11H13N3S. The van der Waals surface area contributed by atoms with Gasteiger partial charge in [0.15, 0.2) is 0 Å². The van der Waals surface area contributed by atoms with Gasteiger partial charge in [0, 0.05) is 17.3 Å². The van der Waals surface area contributed by atoms with Gasteiger partial charge < -0.3 is 5.73 Å². The molecule has 4 heteroatoms. The van der Waals surface area contributed by atoms with Gasteiger partial charge in [-0.15, -0.1) is 11.3 Å². The summed E-state index contributed by atoms with van der Waals surface area (Å²) in [6.07, 6.45) is 1.81. The van der Waals surface area contributed by atoms with Gasteiger partial charge in [0.25, 0.3) is 0 Å². The molecule has 2 N–H and O–H groups in total. The number of nitrogens with two attached hydrogens (primary N) is 1. The Morgan fingerprint density at radius 2 is 2.13 bits per heavy atom. The second-order valence-corrected chi connectivity index (χ2v) is 4.56. The molecular weight excluding hydrogens is 206 g/mol. The van der Waals surface area contributed by atoms with Crippen molar-refractivity contribution in [3.8, 4) is 0 Å². The lowest BCUT2D eigenvalue weighted by Gasteiger charge is -2.08. The van der Waals surface area contributed by atoms with Crippen LogP contribution in [-0.4, -0.2) is 9.97 Å². The smallest absolute Gasteiger partial charge is 0.0898 e. The first-order chi connectivity index (χ1) is 7.16. The zero-order valence-corrected chi connectivity index (χ0v) is 9.58. The number of hydrogen-bond donors (Lipinski definition) is 1. The third-order valence-electron chi connectivity index (χ3n) is 2.25. The Kier molecular flexibility index (Phi) is 2.79. The van der Waals surface area contributed by atoms with Crippen LogP contribution in [-0.2, 0) is 0 Å². The van der Waals surface area contributed by atoms with Gasteiger partial charge in [0.05, 0.1) is 16.7 Å². The second kappa shape index (κ2) is 4.08. The highest BCUT2D eigenvalue weighted by atomic mass is 32.1. The van der Waals surface area contributed by atoms with Gasteiger partial charge in [-0.05, 0) is 25.5 Å². The minimum atomic E-state index is -0.164. The maximum Gasteiger partial charge on any atom is 0.0898 e. The average Bonchev–Trinajstić information content (AvgIpc) is 2.65. The molecule has 3 nitrogen and oxygen atoms in total. The fourth-order valence-electron chi connectivity index (χ4n) is 1.36. The monoisotopic (exact) mass is 219 g/mol. The molecule has 0 aromatic carbocycles. The predicted octanol–water partition coefficient (Wildman–Crippen LogP) is 2.20. The van der Waals surface area contributed by atoms with E-state index in [1.54, 1.807) is 11.3 Å². The van der Waals surface area contributed by atoms with Crippen LogP contribution >= 0.6 is 11.3 Å². The molecule has 2 heterocycles. The van der Waals surface area contributed by atoms with E-state index in [4.69, 9.17) is 5.73 Å². The Balaban J connectivity index is 2.28. The third-order valence-corrected chi connectivity index (χ3v) is 3.04. The molecule has 0 bridgehead atoms. The molecule has 15 heavy (non-hydrogen) atoms. The first-order valence-electron chi connectivity index (χ1n) is 4.77. The van der Waals surface area contributed by atoms with Crippen molar-refractivity contribution in [2.24, 2.45) is 5.73 Å².